The normalized spacial score (nSPS) is 11.7. The van der Waals surface area contributed by atoms with Gasteiger partial charge in [-0.1, -0.05) is 6.07 Å². The van der Waals surface area contributed by atoms with Gasteiger partial charge in [-0.15, -0.1) is 11.3 Å². The zero-order chi connectivity index (χ0) is 14.0. The van der Waals surface area contributed by atoms with E-state index in [1.54, 1.807) is 12.1 Å². The van der Waals surface area contributed by atoms with Gasteiger partial charge in [0, 0.05) is 21.6 Å². The number of aryl methyl sites for hydroxylation is 1. The van der Waals surface area contributed by atoms with E-state index >= 15 is 0 Å². The number of hydrogen-bond donors (Lipinski definition) is 2. The van der Waals surface area contributed by atoms with E-state index in [9.17, 15) is 8.42 Å². The molecule has 1 heterocycles. The molecule has 1 aromatic heterocycles. The van der Waals surface area contributed by atoms with Gasteiger partial charge < -0.3 is 5.73 Å². The van der Waals surface area contributed by atoms with Gasteiger partial charge in [-0.3, -0.25) is 0 Å². The van der Waals surface area contributed by atoms with Crippen molar-refractivity contribution in [3.8, 4) is 0 Å². The highest BCUT2D eigenvalue weighted by Crippen LogP contribution is 2.23. The molecule has 0 bridgehead atoms. The second-order valence-electron chi connectivity index (χ2n) is 4.03. The van der Waals surface area contributed by atoms with Gasteiger partial charge in [-0.05, 0) is 52.0 Å². The number of benzene rings is 1. The molecule has 0 saturated heterocycles. The summed E-state index contributed by atoms with van der Waals surface area (Å²) in [7, 11) is -3.54. The fourth-order valence-electron chi connectivity index (χ4n) is 1.48. The monoisotopic (exact) mass is 360 g/mol. The van der Waals surface area contributed by atoms with Crippen LogP contribution in [-0.2, 0) is 16.6 Å². The molecule has 3 N–H and O–H groups in total. The Morgan fingerprint density at radius 1 is 1.37 bits per heavy atom. The summed E-state index contributed by atoms with van der Waals surface area (Å²) < 4.78 is 27.7. The summed E-state index contributed by atoms with van der Waals surface area (Å²) in [5.74, 6) is 0. The van der Waals surface area contributed by atoms with Crippen LogP contribution in [0.25, 0.3) is 0 Å². The van der Waals surface area contributed by atoms with Crippen molar-refractivity contribution in [2.75, 3.05) is 5.73 Å². The molecule has 4 nitrogen and oxygen atoms in total. The second kappa shape index (κ2) is 5.62. The van der Waals surface area contributed by atoms with Gasteiger partial charge >= 0.3 is 0 Å². The minimum atomic E-state index is -3.54. The first kappa shape index (κ1) is 14.5. The summed E-state index contributed by atoms with van der Waals surface area (Å²) in [6.45, 7) is 2.09. The smallest absolute Gasteiger partial charge is 0.240 e. The van der Waals surface area contributed by atoms with Crippen molar-refractivity contribution >= 4 is 43.0 Å². The SMILES string of the molecule is Cc1ccc(S(=O)(=O)NCc2sccc2Br)cc1N. The Hall–Kier alpha value is -0.890. The third-order valence-corrected chi connectivity index (χ3v) is 6.00. The lowest BCUT2D eigenvalue weighted by Crippen LogP contribution is -2.23. The number of nitrogen functional groups attached to an aromatic ring is 1. The van der Waals surface area contributed by atoms with Crippen molar-refractivity contribution in [1.82, 2.24) is 4.72 Å². The van der Waals surface area contributed by atoms with Crippen LogP contribution in [0.5, 0.6) is 0 Å². The quantitative estimate of drug-likeness (QED) is 0.823. The molecule has 2 aromatic rings. The van der Waals surface area contributed by atoms with E-state index in [1.807, 2.05) is 18.4 Å². The zero-order valence-corrected chi connectivity index (χ0v) is 13.4. The third kappa shape index (κ3) is 3.36. The van der Waals surface area contributed by atoms with Crippen LogP contribution >= 0.6 is 27.3 Å². The number of thiophene rings is 1. The molecule has 0 unspecified atom stereocenters. The Labute approximate surface area is 124 Å². The van der Waals surface area contributed by atoms with Crippen LogP contribution in [0.1, 0.15) is 10.4 Å². The minimum Gasteiger partial charge on any atom is -0.398 e. The van der Waals surface area contributed by atoms with Crippen molar-refractivity contribution in [3.05, 3.63) is 44.6 Å². The van der Waals surface area contributed by atoms with Gasteiger partial charge in [0.25, 0.3) is 0 Å². The van der Waals surface area contributed by atoms with Gasteiger partial charge in [0.15, 0.2) is 0 Å². The molecule has 0 amide bonds. The first-order valence-electron chi connectivity index (χ1n) is 5.48. The van der Waals surface area contributed by atoms with E-state index in [1.165, 1.54) is 17.4 Å². The molecular formula is C12H13BrN2O2S2. The number of hydrogen-bond acceptors (Lipinski definition) is 4. The van der Waals surface area contributed by atoms with Gasteiger partial charge in [0.2, 0.25) is 10.0 Å². The van der Waals surface area contributed by atoms with Crippen LogP contribution in [0, 0.1) is 6.92 Å². The second-order valence-corrected chi connectivity index (χ2v) is 7.66. The molecular weight excluding hydrogens is 348 g/mol. The topological polar surface area (TPSA) is 72.2 Å². The van der Waals surface area contributed by atoms with Gasteiger partial charge in [-0.2, -0.15) is 0 Å². The molecule has 102 valence electrons. The average molecular weight is 361 g/mol. The van der Waals surface area contributed by atoms with Gasteiger partial charge in [0.1, 0.15) is 0 Å². The third-order valence-electron chi connectivity index (χ3n) is 2.67. The lowest BCUT2D eigenvalue weighted by Gasteiger charge is -2.08. The number of nitrogens with two attached hydrogens (primary N) is 1. The molecule has 19 heavy (non-hydrogen) atoms. The lowest BCUT2D eigenvalue weighted by molar-refractivity contribution is 0.582. The fourth-order valence-corrected chi connectivity index (χ4v) is 4.03. The first-order valence-corrected chi connectivity index (χ1v) is 8.63. The standard InChI is InChI=1S/C12H13BrN2O2S2/c1-8-2-3-9(6-11(8)14)19(16,17)15-7-12-10(13)4-5-18-12/h2-6,15H,7,14H2,1H3. The minimum absolute atomic E-state index is 0.184. The summed E-state index contributed by atoms with van der Waals surface area (Å²) in [5.41, 5.74) is 7.07. The molecule has 0 aliphatic rings. The van der Waals surface area contributed by atoms with Crippen molar-refractivity contribution in [2.24, 2.45) is 0 Å². The van der Waals surface area contributed by atoms with E-state index in [2.05, 4.69) is 20.7 Å². The van der Waals surface area contributed by atoms with Crippen molar-refractivity contribution in [1.29, 1.82) is 0 Å². The van der Waals surface area contributed by atoms with E-state index in [0.29, 0.717) is 5.69 Å². The molecule has 0 atom stereocenters. The van der Waals surface area contributed by atoms with Crippen LogP contribution < -0.4 is 10.5 Å². The Bertz CT molecular complexity index is 696. The summed E-state index contributed by atoms with van der Waals surface area (Å²) in [5, 5.41) is 1.90. The van der Waals surface area contributed by atoms with Gasteiger partial charge in [-0.25, -0.2) is 13.1 Å². The molecule has 0 aliphatic heterocycles. The van der Waals surface area contributed by atoms with E-state index < -0.39 is 10.0 Å². The summed E-state index contributed by atoms with van der Waals surface area (Å²) in [6, 6.07) is 6.61. The summed E-state index contributed by atoms with van der Waals surface area (Å²) in [6.07, 6.45) is 0. The lowest BCUT2D eigenvalue weighted by atomic mass is 10.2. The maximum Gasteiger partial charge on any atom is 0.240 e. The number of nitrogens with one attached hydrogen (secondary N) is 1. The molecule has 2 rings (SSSR count). The molecule has 0 spiro atoms. The molecule has 0 saturated carbocycles. The Morgan fingerprint density at radius 2 is 2.11 bits per heavy atom. The predicted octanol–water partition coefficient (Wildman–Crippen LogP) is 2.88. The Morgan fingerprint density at radius 3 is 2.68 bits per heavy atom. The Balaban J connectivity index is 2.18. The first-order chi connectivity index (χ1) is 8.90. The largest absolute Gasteiger partial charge is 0.398 e. The van der Waals surface area contributed by atoms with Crippen molar-refractivity contribution < 1.29 is 8.42 Å². The number of halogens is 1. The fraction of sp³-hybridized carbons (Fsp3) is 0.167. The number of rotatable bonds is 4. The van der Waals surface area contributed by atoms with E-state index in [0.717, 1.165) is 14.9 Å². The summed E-state index contributed by atoms with van der Waals surface area (Å²) >= 11 is 4.86. The molecule has 1 aromatic carbocycles. The maximum absolute atomic E-state index is 12.1. The van der Waals surface area contributed by atoms with E-state index in [-0.39, 0.29) is 11.4 Å². The van der Waals surface area contributed by atoms with Crippen LogP contribution in [0.3, 0.4) is 0 Å². The zero-order valence-electron chi connectivity index (χ0n) is 10.2. The Kier molecular flexibility index (Phi) is 4.29. The van der Waals surface area contributed by atoms with Crippen LogP contribution in [0.4, 0.5) is 5.69 Å². The van der Waals surface area contributed by atoms with E-state index in [4.69, 9.17) is 5.73 Å². The molecule has 0 aliphatic carbocycles. The van der Waals surface area contributed by atoms with Crippen LogP contribution in [-0.4, -0.2) is 8.42 Å². The predicted molar refractivity (Wildman–Crippen MR) is 81.6 cm³/mol. The summed E-state index contributed by atoms with van der Waals surface area (Å²) in [4.78, 5) is 1.12. The molecule has 7 heteroatoms. The van der Waals surface area contributed by atoms with Crippen molar-refractivity contribution in [3.63, 3.8) is 0 Å². The maximum atomic E-state index is 12.1. The van der Waals surface area contributed by atoms with Crippen LogP contribution in [0.2, 0.25) is 0 Å². The average Bonchev–Trinajstić information content (AvgIpc) is 2.76. The highest BCUT2D eigenvalue weighted by Gasteiger charge is 2.15. The molecule has 0 fully saturated rings. The number of sulfonamides is 1. The highest BCUT2D eigenvalue weighted by molar-refractivity contribution is 9.10. The molecule has 0 radical (unpaired) electrons. The number of anilines is 1. The highest BCUT2D eigenvalue weighted by atomic mass is 79.9. The van der Waals surface area contributed by atoms with Crippen molar-refractivity contribution in [2.45, 2.75) is 18.4 Å². The van der Waals surface area contributed by atoms with Gasteiger partial charge in [0.05, 0.1) is 4.90 Å². The van der Waals surface area contributed by atoms with Crippen LogP contribution in [0.15, 0.2) is 39.0 Å².